The van der Waals surface area contributed by atoms with Crippen LogP contribution >= 0.6 is 28.1 Å². The Morgan fingerprint density at radius 2 is 1.62 bits per heavy atom. The van der Waals surface area contributed by atoms with Crippen LogP contribution in [-0.2, 0) is 0 Å². The molecule has 0 fully saturated rings. The van der Waals surface area contributed by atoms with Gasteiger partial charge in [0.1, 0.15) is 0 Å². The lowest BCUT2D eigenvalue weighted by Crippen LogP contribution is -2.33. The number of benzene rings is 3. The highest BCUT2D eigenvalue weighted by Gasteiger charge is 2.15. The van der Waals surface area contributed by atoms with E-state index in [0.717, 1.165) is 15.7 Å². The van der Waals surface area contributed by atoms with Crippen LogP contribution in [0.25, 0.3) is 0 Å². The lowest BCUT2D eigenvalue weighted by atomic mass is 9.97. The Kier molecular flexibility index (Phi) is 6.07. The monoisotopic (exact) mass is 424 g/mol. The predicted octanol–water partition coefficient (Wildman–Crippen LogP) is 6.14. The Morgan fingerprint density at radius 1 is 0.885 bits per heavy atom. The molecule has 2 N–H and O–H groups in total. The van der Waals surface area contributed by atoms with E-state index in [4.69, 9.17) is 12.2 Å². The Morgan fingerprint density at radius 3 is 2.31 bits per heavy atom. The molecule has 1 atom stereocenters. The first-order valence-electron chi connectivity index (χ1n) is 8.48. The van der Waals surface area contributed by atoms with Crippen LogP contribution in [0, 0.1) is 13.8 Å². The summed E-state index contributed by atoms with van der Waals surface area (Å²) in [6.07, 6.45) is 0. The second kappa shape index (κ2) is 8.47. The average Bonchev–Trinajstić information content (AvgIpc) is 2.63. The maximum atomic E-state index is 5.59. The summed E-state index contributed by atoms with van der Waals surface area (Å²) in [7, 11) is 0. The van der Waals surface area contributed by atoms with Crippen LogP contribution in [0.4, 0.5) is 5.69 Å². The van der Waals surface area contributed by atoms with E-state index >= 15 is 0 Å². The standard InChI is InChI=1S/C22H21BrN2S/c1-15-7-6-10-18(13-15)21(17-8-4-3-5-9-17)25-22(26)24-19-11-12-20(23)16(2)14-19/h3-14,21H,1-2H3,(H2,24,25,26)/t21-/m0/s1. The molecule has 0 saturated heterocycles. The topological polar surface area (TPSA) is 24.1 Å². The minimum Gasteiger partial charge on any atom is -0.352 e. The molecular weight excluding hydrogens is 404 g/mol. The molecule has 0 aliphatic carbocycles. The maximum absolute atomic E-state index is 5.59. The van der Waals surface area contributed by atoms with Crippen molar-refractivity contribution < 1.29 is 0 Å². The highest BCUT2D eigenvalue weighted by molar-refractivity contribution is 9.10. The second-order valence-electron chi connectivity index (χ2n) is 6.32. The Balaban J connectivity index is 1.83. The fourth-order valence-corrected chi connectivity index (χ4v) is 3.36. The van der Waals surface area contributed by atoms with Gasteiger partial charge in [0.05, 0.1) is 6.04 Å². The summed E-state index contributed by atoms with van der Waals surface area (Å²) in [5, 5.41) is 7.36. The van der Waals surface area contributed by atoms with Crippen molar-refractivity contribution in [3.8, 4) is 0 Å². The molecule has 0 heterocycles. The highest BCUT2D eigenvalue weighted by atomic mass is 79.9. The zero-order chi connectivity index (χ0) is 18.5. The molecule has 0 bridgehead atoms. The number of rotatable bonds is 4. The van der Waals surface area contributed by atoms with Crippen LogP contribution in [-0.4, -0.2) is 5.11 Å². The highest BCUT2D eigenvalue weighted by Crippen LogP contribution is 2.24. The van der Waals surface area contributed by atoms with Gasteiger partial charge in [-0.1, -0.05) is 76.1 Å². The van der Waals surface area contributed by atoms with Gasteiger partial charge in [0.25, 0.3) is 0 Å². The van der Waals surface area contributed by atoms with Gasteiger partial charge in [-0.2, -0.15) is 0 Å². The molecule has 0 aromatic heterocycles. The van der Waals surface area contributed by atoms with Crippen molar-refractivity contribution in [3.05, 3.63) is 99.5 Å². The summed E-state index contributed by atoms with van der Waals surface area (Å²) >= 11 is 9.11. The number of nitrogens with one attached hydrogen (secondary N) is 2. The van der Waals surface area contributed by atoms with Crippen molar-refractivity contribution in [1.82, 2.24) is 5.32 Å². The van der Waals surface area contributed by atoms with Gasteiger partial charge in [0, 0.05) is 10.2 Å². The Hall–Kier alpha value is -2.17. The Labute approximate surface area is 168 Å². The lowest BCUT2D eigenvalue weighted by Gasteiger charge is -2.22. The minimum atomic E-state index is -0.00681. The number of hydrogen-bond donors (Lipinski definition) is 2. The third-order valence-electron chi connectivity index (χ3n) is 4.20. The van der Waals surface area contributed by atoms with Crippen molar-refractivity contribution in [1.29, 1.82) is 0 Å². The summed E-state index contributed by atoms with van der Waals surface area (Å²) in [4.78, 5) is 0. The van der Waals surface area contributed by atoms with Gasteiger partial charge in [-0.15, -0.1) is 0 Å². The van der Waals surface area contributed by atoms with Crippen LogP contribution < -0.4 is 10.6 Å². The van der Waals surface area contributed by atoms with Crippen LogP contribution in [0.3, 0.4) is 0 Å². The molecule has 0 spiro atoms. The van der Waals surface area contributed by atoms with Crippen molar-refractivity contribution >= 4 is 38.9 Å². The van der Waals surface area contributed by atoms with E-state index in [2.05, 4.69) is 82.9 Å². The molecule has 0 unspecified atom stereocenters. The van der Waals surface area contributed by atoms with Crippen LogP contribution in [0.15, 0.2) is 77.3 Å². The van der Waals surface area contributed by atoms with Gasteiger partial charge in [0.15, 0.2) is 5.11 Å². The summed E-state index contributed by atoms with van der Waals surface area (Å²) < 4.78 is 1.09. The molecular formula is C22H21BrN2S. The van der Waals surface area contributed by atoms with Gasteiger partial charge in [0.2, 0.25) is 0 Å². The first-order valence-corrected chi connectivity index (χ1v) is 9.68. The SMILES string of the molecule is Cc1cccc([C@@H](NC(=S)Nc2ccc(Br)c(C)c2)c2ccccc2)c1. The quantitative estimate of drug-likeness (QED) is 0.491. The van der Waals surface area contributed by atoms with Gasteiger partial charge in [-0.25, -0.2) is 0 Å². The molecule has 2 nitrogen and oxygen atoms in total. The largest absolute Gasteiger partial charge is 0.352 e. The molecule has 3 aromatic carbocycles. The molecule has 0 saturated carbocycles. The number of thiocarbonyl (C=S) groups is 1. The second-order valence-corrected chi connectivity index (χ2v) is 7.58. The fourth-order valence-electron chi connectivity index (χ4n) is 2.88. The van der Waals surface area contributed by atoms with E-state index in [1.165, 1.54) is 16.7 Å². The maximum Gasteiger partial charge on any atom is 0.171 e. The molecule has 0 amide bonds. The molecule has 0 radical (unpaired) electrons. The summed E-state index contributed by atoms with van der Waals surface area (Å²) in [6.45, 7) is 4.16. The number of hydrogen-bond acceptors (Lipinski definition) is 1. The third kappa shape index (κ3) is 4.71. The van der Waals surface area contributed by atoms with E-state index in [-0.39, 0.29) is 6.04 Å². The van der Waals surface area contributed by atoms with Crippen LogP contribution in [0.1, 0.15) is 28.3 Å². The van der Waals surface area contributed by atoms with Gasteiger partial charge < -0.3 is 10.6 Å². The van der Waals surface area contributed by atoms with E-state index in [1.54, 1.807) is 0 Å². The average molecular weight is 425 g/mol. The van der Waals surface area contributed by atoms with Crippen molar-refractivity contribution in [3.63, 3.8) is 0 Å². The minimum absolute atomic E-state index is 0.00681. The van der Waals surface area contributed by atoms with Gasteiger partial charge in [-0.05, 0) is 61.0 Å². The van der Waals surface area contributed by atoms with Crippen molar-refractivity contribution in [2.75, 3.05) is 5.32 Å². The molecule has 4 heteroatoms. The predicted molar refractivity (Wildman–Crippen MR) is 118 cm³/mol. The molecule has 132 valence electrons. The summed E-state index contributed by atoms with van der Waals surface area (Å²) in [6, 6.07) is 25.0. The normalized spacial score (nSPS) is 11.7. The van der Waals surface area contributed by atoms with E-state index in [9.17, 15) is 0 Å². The molecule has 3 aromatic rings. The number of anilines is 1. The van der Waals surface area contributed by atoms with E-state index in [1.807, 2.05) is 30.3 Å². The zero-order valence-corrected chi connectivity index (χ0v) is 17.2. The van der Waals surface area contributed by atoms with E-state index in [0.29, 0.717) is 5.11 Å². The molecule has 0 aliphatic rings. The van der Waals surface area contributed by atoms with Gasteiger partial charge >= 0.3 is 0 Å². The van der Waals surface area contributed by atoms with Gasteiger partial charge in [-0.3, -0.25) is 0 Å². The molecule has 26 heavy (non-hydrogen) atoms. The summed E-state index contributed by atoms with van der Waals surface area (Å²) in [5.41, 5.74) is 5.73. The van der Waals surface area contributed by atoms with Crippen LogP contribution in [0.2, 0.25) is 0 Å². The zero-order valence-electron chi connectivity index (χ0n) is 14.8. The van der Waals surface area contributed by atoms with Crippen LogP contribution in [0.5, 0.6) is 0 Å². The number of aryl methyl sites for hydroxylation is 2. The number of halogens is 1. The first-order chi connectivity index (χ1) is 12.5. The summed E-state index contributed by atoms with van der Waals surface area (Å²) in [5.74, 6) is 0. The van der Waals surface area contributed by atoms with E-state index < -0.39 is 0 Å². The first kappa shape index (κ1) is 18.6. The fraction of sp³-hybridized carbons (Fsp3) is 0.136. The smallest absolute Gasteiger partial charge is 0.171 e. The molecule has 3 rings (SSSR count). The van der Waals surface area contributed by atoms with Crippen molar-refractivity contribution in [2.24, 2.45) is 0 Å². The van der Waals surface area contributed by atoms with Crippen molar-refractivity contribution in [2.45, 2.75) is 19.9 Å². The Bertz CT molecular complexity index is 909. The molecule has 0 aliphatic heterocycles. The third-order valence-corrected chi connectivity index (χ3v) is 5.31. The lowest BCUT2D eigenvalue weighted by molar-refractivity contribution is 0.768.